The van der Waals surface area contributed by atoms with Crippen molar-refractivity contribution >= 4 is 0 Å². The van der Waals surface area contributed by atoms with Gasteiger partial charge in [-0.25, -0.2) is 8.78 Å². The maximum atomic E-state index is 13.8. The summed E-state index contributed by atoms with van der Waals surface area (Å²) in [7, 11) is 0. The van der Waals surface area contributed by atoms with Gasteiger partial charge in [0.1, 0.15) is 11.6 Å². The molecule has 4 heteroatoms. The fourth-order valence-electron chi connectivity index (χ4n) is 2.61. The SMILES string of the molecule is CC1CNC(C(C)(C)C)CN1Cc1c(F)cccc1F. The molecule has 1 N–H and O–H groups in total. The lowest BCUT2D eigenvalue weighted by molar-refractivity contribution is 0.0858. The summed E-state index contributed by atoms with van der Waals surface area (Å²) in [5.41, 5.74) is 0.306. The van der Waals surface area contributed by atoms with Crippen LogP contribution in [0.1, 0.15) is 33.3 Å². The number of hydrogen-bond acceptors (Lipinski definition) is 2. The molecule has 1 aromatic carbocycles. The third-order valence-electron chi connectivity index (χ3n) is 4.17. The quantitative estimate of drug-likeness (QED) is 0.896. The van der Waals surface area contributed by atoms with Crippen molar-refractivity contribution in [3.8, 4) is 0 Å². The highest BCUT2D eigenvalue weighted by molar-refractivity contribution is 5.19. The van der Waals surface area contributed by atoms with Crippen LogP contribution in [-0.2, 0) is 6.54 Å². The van der Waals surface area contributed by atoms with Crippen LogP contribution in [0.25, 0.3) is 0 Å². The Bertz CT molecular complexity index is 448. The molecule has 0 aromatic heterocycles. The zero-order valence-electron chi connectivity index (χ0n) is 12.7. The number of piperazine rings is 1. The van der Waals surface area contributed by atoms with E-state index in [1.807, 2.05) is 0 Å². The molecule has 20 heavy (non-hydrogen) atoms. The zero-order chi connectivity index (χ0) is 14.9. The van der Waals surface area contributed by atoms with Crippen LogP contribution in [0, 0.1) is 17.0 Å². The summed E-state index contributed by atoms with van der Waals surface area (Å²) in [5.74, 6) is -0.911. The Labute approximate surface area is 120 Å². The minimum absolute atomic E-state index is 0.131. The predicted octanol–water partition coefficient (Wildman–Crippen LogP) is 3.17. The molecule has 2 rings (SSSR count). The average molecular weight is 282 g/mol. The number of rotatable bonds is 2. The largest absolute Gasteiger partial charge is 0.311 e. The van der Waals surface area contributed by atoms with Gasteiger partial charge in [-0.05, 0) is 24.5 Å². The smallest absolute Gasteiger partial charge is 0.130 e. The molecule has 1 heterocycles. The van der Waals surface area contributed by atoms with Crippen LogP contribution in [0.4, 0.5) is 8.78 Å². The van der Waals surface area contributed by atoms with Crippen LogP contribution in [-0.4, -0.2) is 30.1 Å². The van der Waals surface area contributed by atoms with Gasteiger partial charge in [0, 0.05) is 37.3 Å². The minimum atomic E-state index is -0.456. The van der Waals surface area contributed by atoms with Gasteiger partial charge in [0.05, 0.1) is 0 Å². The van der Waals surface area contributed by atoms with Gasteiger partial charge in [0.2, 0.25) is 0 Å². The predicted molar refractivity (Wildman–Crippen MR) is 77.5 cm³/mol. The molecule has 0 amide bonds. The lowest BCUT2D eigenvalue weighted by Crippen LogP contribution is -2.59. The molecule has 0 radical (unpaired) electrons. The normalized spacial score (nSPS) is 24.9. The first-order chi connectivity index (χ1) is 9.29. The fraction of sp³-hybridized carbons (Fsp3) is 0.625. The second-order valence-corrected chi connectivity index (χ2v) is 6.81. The van der Waals surface area contributed by atoms with Gasteiger partial charge in [-0.1, -0.05) is 26.8 Å². The van der Waals surface area contributed by atoms with E-state index in [0.29, 0.717) is 12.6 Å². The van der Waals surface area contributed by atoms with Crippen LogP contribution in [0.15, 0.2) is 18.2 Å². The molecule has 0 bridgehead atoms. The summed E-state index contributed by atoms with van der Waals surface area (Å²) in [6, 6.07) is 4.66. The van der Waals surface area contributed by atoms with Crippen molar-refractivity contribution in [1.29, 1.82) is 0 Å². The van der Waals surface area contributed by atoms with Crippen molar-refractivity contribution in [2.24, 2.45) is 5.41 Å². The molecule has 1 aliphatic rings. The van der Waals surface area contributed by atoms with Gasteiger partial charge in [0.25, 0.3) is 0 Å². The molecule has 1 aromatic rings. The lowest BCUT2D eigenvalue weighted by Gasteiger charge is -2.44. The number of hydrogen-bond donors (Lipinski definition) is 1. The van der Waals surface area contributed by atoms with Gasteiger partial charge in [-0.3, -0.25) is 4.90 Å². The molecular weight excluding hydrogens is 258 g/mol. The third kappa shape index (κ3) is 3.36. The maximum Gasteiger partial charge on any atom is 0.130 e. The summed E-state index contributed by atoms with van der Waals surface area (Å²) in [5, 5.41) is 3.52. The molecule has 0 aliphatic carbocycles. The van der Waals surface area contributed by atoms with E-state index >= 15 is 0 Å². The van der Waals surface area contributed by atoms with Crippen molar-refractivity contribution < 1.29 is 8.78 Å². The Morgan fingerprint density at radius 3 is 2.40 bits per heavy atom. The standard InChI is InChI=1S/C16H24F2N2/c1-11-8-19-15(16(2,3)4)10-20(11)9-12-13(17)6-5-7-14(12)18/h5-7,11,15,19H,8-10H2,1-4H3. The lowest BCUT2D eigenvalue weighted by atomic mass is 9.84. The van der Waals surface area contributed by atoms with Crippen molar-refractivity contribution in [3.63, 3.8) is 0 Å². The van der Waals surface area contributed by atoms with Crippen molar-refractivity contribution in [2.75, 3.05) is 13.1 Å². The van der Waals surface area contributed by atoms with E-state index in [1.54, 1.807) is 0 Å². The highest BCUT2D eigenvalue weighted by atomic mass is 19.1. The molecule has 0 saturated carbocycles. The Hall–Kier alpha value is -1.00. The van der Waals surface area contributed by atoms with Crippen molar-refractivity contribution in [1.82, 2.24) is 10.2 Å². The summed E-state index contributed by atoms with van der Waals surface area (Å²) in [6.07, 6.45) is 0. The first kappa shape index (κ1) is 15.4. The molecule has 2 unspecified atom stereocenters. The number of benzene rings is 1. The first-order valence-corrected chi connectivity index (χ1v) is 7.19. The van der Waals surface area contributed by atoms with Gasteiger partial charge in [0.15, 0.2) is 0 Å². The Balaban J connectivity index is 2.15. The summed E-state index contributed by atoms with van der Waals surface area (Å²) >= 11 is 0. The maximum absolute atomic E-state index is 13.8. The fourth-order valence-corrected chi connectivity index (χ4v) is 2.61. The number of halogens is 2. The molecule has 1 aliphatic heterocycles. The second kappa shape index (κ2) is 5.78. The van der Waals surface area contributed by atoms with E-state index in [4.69, 9.17) is 0 Å². The third-order valence-corrected chi connectivity index (χ3v) is 4.17. The molecule has 2 nitrogen and oxygen atoms in total. The van der Waals surface area contributed by atoms with E-state index in [9.17, 15) is 8.78 Å². The van der Waals surface area contributed by atoms with Crippen LogP contribution in [0.3, 0.4) is 0 Å². The Morgan fingerprint density at radius 2 is 1.85 bits per heavy atom. The van der Waals surface area contributed by atoms with E-state index in [-0.39, 0.29) is 17.0 Å². The highest BCUT2D eigenvalue weighted by Crippen LogP contribution is 2.25. The average Bonchev–Trinajstić information content (AvgIpc) is 2.34. The molecular formula is C16H24F2N2. The van der Waals surface area contributed by atoms with Crippen LogP contribution < -0.4 is 5.32 Å². The first-order valence-electron chi connectivity index (χ1n) is 7.19. The summed E-state index contributed by atoms with van der Waals surface area (Å²) in [6.45, 7) is 10.6. The van der Waals surface area contributed by atoms with Crippen molar-refractivity contribution in [2.45, 2.75) is 46.3 Å². The Kier molecular flexibility index (Phi) is 4.45. The summed E-state index contributed by atoms with van der Waals surface area (Å²) < 4.78 is 27.6. The number of nitrogens with zero attached hydrogens (tertiary/aromatic N) is 1. The van der Waals surface area contributed by atoms with Crippen molar-refractivity contribution in [3.05, 3.63) is 35.4 Å². The monoisotopic (exact) mass is 282 g/mol. The van der Waals surface area contributed by atoms with Gasteiger partial charge >= 0.3 is 0 Å². The number of nitrogens with one attached hydrogen (secondary N) is 1. The van der Waals surface area contributed by atoms with Crippen LogP contribution in [0.5, 0.6) is 0 Å². The second-order valence-electron chi connectivity index (χ2n) is 6.81. The Morgan fingerprint density at radius 1 is 1.25 bits per heavy atom. The van der Waals surface area contributed by atoms with Crippen LogP contribution in [0.2, 0.25) is 0 Å². The minimum Gasteiger partial charge on any atom is -0.311 e. The molecule has 1 fully saturated rings. The zero-order valence-corrected chi connectivity index (χ0v) is 12.7. The molecule has 2 atom stereocenters. The van der Waals surface area contributed by atoms with E-state index < -0.39 is 11.6 Å². The van der Waals surface area contributed by atoms with E-state index in [1.165, 1.54) is 18.2 Å². The molecule has 112 valence electrons. The topological polar surface area (TPSA) is 15.3 Å². The van der Waals surface area contributed by atoms with Crippen LogP contribution >= 0.6 is 0 Å². The van der Waals surface area contributed by atoms with Gasteiger partial charge in [-0.2, -0.15) is 0 Å². The van der Waals surface area contributed by atoms with Gasteiger partial charge < -0.3 is 5.32 Å². The van der Waals surface area contributed by atoms with Gasteiger partial charge in [-0.15, -0.1) is 0 Å². The highest BCUT2D eigenvalue weighted by Gasteiger charge is 2.32. The van der Waals surface area contributed by atoms with E-state index in [2.05, 4.69) is 37.9 Å². The summed E-state index contributed by atoms with van der Waals surface area (Å²) in [4.78, 5) is 2.16. The molecule has 1 saturated heterocycles. The molecule has 0 spiro atoms. The van der Waals surface area contributed by atoms with E-state index in [0.717, 1.165) is 13.1 Å².